The molecule has 86 valence electrons. The molecule has 0 unspecified atom stereocenters. The molecule has 0 aromatic heterocycles. The minimum atomic E-state index is -0.354. The number of nitrogens with one attached hydrogen (secondary N) is 1. The van der Waals surface area contributed by atoms with E-state index in [9.17, 15) is 9.18 Å². The molecule has 1 aromatic carbocycles. The van der Waals surface area contributed by atoms with E-state index in [1.807, 2.05) is 4.90 Å². The Kier molecular flexibility index (Phi) is 3.05. The number of halogens is 1. The molecule has 0 saturated heterocycles. The summed E-state index contributed by atoms with van der Waals surface area (Å²) in [5.41, 5.74) is 1.35. The summed E-state index contributed by atoms with van der Waals surface area (Å²) < 4.78 is 18.0. The van der Waals surface area contributed by atoms with Gasteiger partial charge in [0.25, 0.3) is 0 Å². The molecule has 0 fully saturated rings. The van der Waals surface area contributed by atoms with Crippen LogP contribution in [0.15, 0.2) is 18.2 Å². The van der Waals surface area contributed by atoms with Crippen LogP contribution in [0.25, 0.3) is 0 Å². The molecule has 1 amide bonds. The monoisotopic (exact) mass is 224 g/mol. The van der Waals surface area contributed by atoms with Crippen LogP contribution < -0.4 is 10.2 Å². The van der Waals surface area contributed by atoms with Crippen molar-refractivity contribution in [1.82, 2.24) is 0 Å². The average molecular weight is 224 g/mol. The smallest absolute Gasteiger partial charge is 0.243 e. The van der Waals surface area contributed by atoms with Crippen LogP contribution in [-0.2, 0) is 9.53 Å². The van der Waals surface area contributed by atoms with Crippen LogP contribution >= 0.6 is 0 Å². The molecule has 4 nitrogen and oxygen atoms in total. The van der Waals surface area contributed by atoms with E-state index < -0.39 is 0 Å². The number of carbonyl (C=O) groups is 1. The van der Waals surface area contributed by atoms with Gasteiger partial charge in [-0.15, -0.1) is 0 Å². The predicted molar refractivity (Wildman–Crippen MR) is 59.1 cm³/mol. The minimum absolute atomic E-state index is 0.130. The second-order valence-electron chi connectivity index (χ2n) is 3.62. The summed E-state index contributed by atoms with van der Waals surface area (Å²) >= 11 is 0. The zero-order valence-electron chi connectivity index (χ0n) is 9.00. The van der Waals surface area contributed by atoms with E-state index in [1.165, 1.54) is 12.1 Å². The molecule has 1 heterocycles. The van der Waals surface area contributed by atoms with Gasteiger partial charge in [0.15, 0.2) is 0 Å². The number of fused-ring (bicyclic) bond motifs is 1. The van der Waals surface area contributed by atoms with E-state index in [2.05, 4.69) is 5.32 Å². The zero-order chi connectivity index (χ0) is 11.5. The van der Waals surface area contributed by atoms with Gasteiger partial charge in [0, 0.05) is 13.7 Å². The van der Waals surface area contributed by atoms with Crippen molar-refractivity contribution in [3.8, 4) is 0 Å². The van der Waals surface area contributed by atoms with Crippen LogP contribution in [0.2, 0.25) is 0 Å². The highest BCUT2D eigenvalue weighted by atomic mass is 19.1. The molecule has 1 aromatic rings. The van der Waals surface area contributed by atoms with Crippen molar-refractivity contribution < 1.29 is 13.9 Å². The molecule has 2 rings (SSSR count). The fraction of sp³-hybridized carbons (Fsp3) is 0.364. The summed E-state index contributed by atoms with van der Waals surface area (Å²) in [4.78, 5) is 13.3. The van der Waals surface area contributed by atoms with Crippen molar-refractivity contribution in [2.24, 2.45) is 0 Å². The number of benzene rings is 1. The van der Waals surface area contributed by atoms with Crippen molar-refractivity contribution in [3.05, 3.63) is 24.0 Å². The number of amides is 1. The van der Waals surface area contributed by atoms with Crippen LogP contribution in [0.5, 0.6) is 0 Å². The lowest BCUT2D eigenvalue weighted by Gasteiger charge is -2.30. The largest absolute Gasteiger partial charge is 0.383 e. The maximum Gasteiger partial charge on any atom is 0.243 e. The number of anilines is 2. The van der Waals surface area contributed by atoms with Crippen molar-refractivity contribution >= 4 is 17.3 Å². The van der Waals surface area contributed by atoms with Gasteiger partial charge in [0.2, 0.25) is 5.91 Å². The van der Waals surface area contributed by atoms with Gasteiger partial charge in [-0.1, -0.05) is 0 Å². The lowest BCUT2D eigenvalue weighted by Crippen LogP contribution is -2.39. The van der Waals surface area contributed by atoms with Crippen molar-refractivity contribution in [1.29, 1.82) is 0 Å². The molecule has 16 heavy (non-hydrogen) atoms. The Morgan fingerprint density at radius 1 is 1.56 bits per heavy atom. The first-order valence-corrected chi connectivity index (χ1v) is 5.04. The number of nitrogens with zero attached hydrogens (tertiary/aromatic N) is 1. The Balaban J connectivity index is 2.27. The second kappa shape index (κ2) is 4.49. The standard InChI is InChI=1S/C11H13FN2O2/c1-16-5-4-14-7-11(15)13-9-6-8(12)2-3-10(9)14/h2-3,6H,4-5,7H2,1H3,(H,13,15). The maximum absolute atomic E-state index is 13.0. The zero-order valence-corrected chi connectivity index (χ0v) is 9.00. The second-order valence-corrected chi connectivity index (χ2v) is 3.62. The lowest BCUT2D eigenvalue weighted by atomic mass is 10.2. The number of methoxy groups -OCH3 is 1. The molecule has 0 radical (unpaired) electrons. The Hall–Kier alpha value is -1.62. The highest BCUT2D eigenvalue weighted by molar-refractivity contribution is 6.01. The fourth-order valence-corrected chi connectivity index (χ4v) is 1.73. The summed E-state index contributed by atoms with van der Waals surface area (Å²) in [6.07, 6.45) is 0. The third-order valence-electron chi connectivity index (χ3n) is 2.47. The van der Waals surface area contributed by atoms with Gasteiger partial charge in [0.1, 0.15) is 5.82 Å². The topological polar surface area (TPSA) is 41.6 Å². The molecule has 0 saturated carbocycles. The maximum atomic E-state index is 13.0. The highest BCUT2D eigenvalue weighted by Gasteiger charge is 2.21. The van der Waals surface area contributed by atoms with Gasteiger partial charge in [-0.2, -0.15) is 0 Å². The van der Waals surface area contributed by atoms with Crippen molar-refractivity contribution in [3.63, 3.8) is 0 Å². The van der Waals surface area contributed by atoms with Gasteiger partial charge in [-0.05, 0) is 18.2 Å². The summed E-state index contributed by atoms with van der Waals surface area (Å²) in [6, 6.07) is 4.38. The summed E-state index contributed by atoms with van der Waals surface area (Å²) in [6.45, 7) is 1.43. The van der Waals surface area contributed by atoms with Crippen molar-refractivity contribution in [2.75, 3.05) is 37.0 Å². The van der Waals surface area contributed by atoms with Gasteiger partial charge < -0.3 is 15.0 Å². The van der Waals surface area contributed by atoms with E-state index >= 15 is 0 Å². The molecule has 1 N–H and O–H groups in total. The molecule has 0 aliphatic carbocycles. The first kappa shape index (κ1) is 10.9. The Bertz CT molecular complexity index is 409. The minimum Gasteiger partial charge on any atom is -0.383 e. The van der Waals surface area contributed by atoms with E-state index in [-0.39, 0.29) is 18.3 Å². The first-order valence-electron chi connectivity index (χ1n) is 5.04. The van der Waals surface area contributed by atoms with E-state index in [1.54, 1.807) is 13.2 Å². The molecule has 5 heteroatoms. The van der Waals surface area contributed by atoms with Crippen molar-refractivity contribution in [2.45, 2.75) is 0 Å². The highest BCUT2D eigenvalue weighted by Crippen LogP contribution is 2.29. The number of hydrogen-bond acceptors (Lipinski definition) is 3. The summed E-state index contributed by atoms with van der Waals surface area (Å²) in [5.74, 6) is -0.484. The Labute approximate surface area is 93.0 Å². The molecular formula is C11H13FN2O2. The van der Waals surface area contributed by atoms with Gasteiger partial charge >= 0.3 is 0 Å². The third kappa shape index (κ3) is 2.14. The van der Waals surface area contributed by atoms with Crippen LogP contribution in [0.4, 0.5) is 15.8 Å². The normalized spacial score (nSPS) is 14.6. The molecular weight excluding hydrogens is 211 g/mol. The molecule has 1 aliphatic rings. The number of rotatable bonds is 3. The molecule has 0 bridgehead atoms. The average Bonchev–Trinajstić information content (AvgIpc) is 2.25. The van der Waals surface area contributed by atoms with Crippen LogP contribution in [0.3, 0.4) is 0 Å². The SMILES string of the molecule is COCCN1CC(=O)Nc2cc(F)ccc21. The predicted octanol–water partition coefficient (Wildman–Crippen LogP) is 1.23. The van der Waals surface area contributed by atoms with E-state index in [0.717, 1.165) is 5.69 Å². The number of hydrogen-bond donors (Lipinski definition) is 1. The third-order valence-corrected chi connectivity index (χ3v) is 2.47. The lowest BCUT2D eigenvalue weighted by molar-refractivity contribution is -0.115. The van der Waals surface area contributed by atoms with Gasteiger partial charge in [-0.3, -0.25) is 4.79 Å². The number of carbonyl (C=O) groups excluding carboxylic acids is 1. The summed E-state index contributed by atoms with van der Waals surface area (Å²) in [7, 11) is 1.61. The van der Waals surface area contributed by atoms with Gasteiger partial charge in [0.05, 0.1) is 24.5 Å². The van der Waals surface area contributed by atoms with Crippen LogP contribution in [0, 0.1) is 5.82 Å². The molecule has 1 aliphatic heterocycles. The number of ether oxygens (including phenoxy) is 1. The van der Waals surface area contributed by atoms with E-state index in [4.69, 9.17) is 4.74 Å². The summed E-state index contributed by atoms with van der Waals surface area (Å²) in [5, 5.41) is 2.65. The first-order chi connectivity index (χ1) is 7.70. The fourth-order valence-electron chi connectivity index (χ4n) is 1.73. The van der Waals surface area contributed by atoms with Gasteiger partial charge in [-0.25, -0.2) is 4.39 Å². The van der Waals surface area contributed by atoms with E-state index in [0.29, 0.717) is 18.8 Å². The molecule has 0 atom stereocenters. The van der Waals surface area contributed by atoms with Crippen LogP contribution in [-0.4, -0.2) is 32.7 Å². The Morgan fingerprint density at radius 3 is 3.12 bits per heavy atom. The molecule has 0 spiro atoms. The quantitative estimate of drug-likeness (QED) is 0.839. The Morgan fingerprint density at radius 2 is 2.38 bits per heavy atom. The van der Waals surface area contributed by atoms with Crippen LogP contribution in [0.1, 0.15) is 0 Å².